The molecule has 0 radical (unpaired) electrons. The average Bonchev–Trinajstić information content (AvgIpc) is 2.56. The molecule has 0 heterocycles. The van der Waals surface area contributed by atoms with E-state index in [0.717, 1.165) is 45.3 Å². The van der Waals surface area contributed by atoms with Gasteiger partial charge in [0.25, 0.3) is 0 Å². The number of rotatable bonds is 15. The number of alkyl carbamates (subject to hydrolysis) is 1. The van der Waals surface area contributed by atoms with Crippen LogP contribution in [0.1, 0.15) is 72.1 Å². The largest absolute Gasteiger partial charge is 0.446 e. The fourth-order valence-electron chi connectivity index (χ4n) is 2.61. The molecule has 5 nitrogen and oxygen atoms in total. The summed E-state index contributed by atoms with van der Waals surface area (Å²) in [5.74, 6) is 0. The normalized spacial score (nSPS) is 12.4. The SMILES string of the molecule is CCCCCCC(CCCO)OC(=O)NCCCN(CC)CC. The van der Waals surface area contributed by atoms with E-state index in [0.29, 0.717) is 13.0 Å². The molecule has 1 amide bonds. The average molecular weight is 331 g/mol. The Hall–Kier alpha value is -0.810. The van der Waals surface area contributed by atoms with Crippen molar-refractivity contribution in [2.24, 2.45) is 0 Å². The van der Waals surface area contributed by atoms with Crippen molar-refractivity contribution >= 4 is 6.09 Å². The van der Waals surface area contributed by atoms with Crippen molar-refractivity contribution < 1.29 is 14.6 Å². The van der Waals surface area contributed by atoms with Crippen molar-refractivity contribution in [3.63, 3.8) is 0 Å². The second-order valence-corrected chi connectivity index (χ2v) is 6.05. The maximum atomic E-state index is 11.9. The maximum absolute atomic E-state index is 11.9. The number of unbranched alkanes of at least 4 members (excludes halogenated alkanes) is 3. The van der Waals surface area contributed by atoms with Crippen molar-refractivity contribution in [3.8, 4) is 0 Å². The molecule has 0 aromatic rings. The van der Waals surface area contributed by atoms with Crippen LogP contribution in [0.2, 0.25) is 0 Å². The summed E-state index contributed by atoms with van der Waals surface area (Å²) in [7, 11) is 0. The van der Waals surface area contributed by atoms with Gasteiger partial charge in [0.2, 0.25) is 0 Å². The molecule has 1 atom stereocenters. The number of nitrogens with one attached hydrogen (secondary N) is 1. The number of ether oxygens (including phenoxy) is 1. The van der Waals surface area contributed by atoms with Crippen LogP contribution in [0.25, 0.3) is 0 Å². The Morgan fingerprint density at radius 3 is 2.35 bits per heavy atom. The number of hydrogen-bond donors (Lipinski definition) is 2. The van der Waals surface area contributed by atoms with Gasteiger partial charge in [-0.2, -0.15) is 0 Å². The van der Waals surface area contributed by atoms with Crippen LogP contribution in [0.3, 0.4) is 0 Å². The predicted molar refractivity (Wildman–Crippen MR) is 95.8 cm³/mol. The minimum atomic E-state index is -0.317. The summed E-state index contributed by atoms with van der Waals surface area (Å²) in [5.41, 5.74) is 0. The summed E-state index contributed by atoms with van der Waals surface area (Å²) < 4.78 is 5.52. The standard InChI is InChI=1S/C18H38N2O3/c1-4-7-8-9-12-17(13-10-16-21)23-18(22)19-14-11-15-20(5-2)6-3/h17,21H,4-16H2,1-3H3,(H,19,22). The minimum absolute atomic E-state index is 0.0678. The highest BCUT2D eigenvalue weighted by molar-refractivity contribution is 5.67. The van der Waals surface area contributed by atoms with Gasteiger partial charge in [-0.3, -0.25) is 0 Å². The summed E-state index contributed by atoms with van der Waals surface area (Å²) in [4.78, 5) is 14.2. The lowest BCUT2D eigenvalue weighted by molar-refractivity contribution is 0.0807. The van der Waals surface area contributed by atoms with Gasteiger partial charge in [-0.15, -0.1) is 0 Å². The molecule has 0 aromatic heterocycles. The van der Waals surface area contributed by atoms with Crippen molar-refractivity contribution in [2.75, 3.05) is 32.8 Å². The Balaban J connectivity index is 3.91. The van der Waals surface area contributed by atoms with Gasteiger partial charge >= 0.3 is 6.09 Å². The maximum Gasteiger partial charge on any atom is 0.407 e. The highest BCUT2D eigenvalue weighted by Crippen LogP contribution is 2.13. The summed E-state index contributed by atoms with van der Waals surface area (Å²) >= 11 is 0. The Morgan fingerprint density at radius 1 is 1.04 bits per heavy atom. The second-order valence-electron chi connectivity index (χ2n) is 6.05. The fraction of sp³-hybridized carbons (Fsp3) is 0.944. The molecule has 23 heavy (non-hydrogen) atoms. The van der Waals surface area contributed by atoms with E-state index in [2.05, 4.69) is 31.0 Å². The van der Waals surface area contributed by atoms with Crippen molar-refractivity contribution in [1.29, 1.82) is 0 Å². The highest BCUT2D eigenvalue weighted by atomic mass is 16.6. The molecule has 0 spiro atoms. The van der Waals surface area contributed by atoms with Gasteiger partial charge in [-0.05, 0) is 51.7 Å². The van der Waals surface area contributed by atoms with Crippen molar-refractivity contribution in [2.45, 2.75) is 78.2 Å². The lowest BCUT2D eigenvalue weighted by atomic mass is 10.1. The van der Waals surface area contributed by atoms with E-state index in [9.17, 15) is 4.79 Å². The quantitative estimate of drug-likeness (QED) is 0.451. The number of carbonyl (C=O) groups excluding carboxylic acids is 1. The molecule has 0 rings (SSSR count). The van der Waals surface area contributed by atoms with Gasteiger partial charge in [-0.1, -0.05) is 40.0 Å². The zero-order valence-corrected chi connectivity index (χ0v) is 15.5. The monoisotopic (exact) mass is 330 g/mol. The van der Waals surface area contributed by atoms with Gasteiger partial charge in [0.15, 0.2) is 0 Å². The van der Waals surface area contributed by atoms with E-state index < -0.39 is 0 Å². The molecular formula is C18H38N2O3. The first kappa shape index (κ1) is 22.2. The van der Waals surface area contributed by atoms with E-state index in [4.69, 9.17) is 9.84 Å². The molecule has 1 unspecified atom stereocenters. The van der Waals surface area contributed by atoms with Gasteiger partial charge in [0.05, 0.1) is 0 Å². The van der Waals surface area contributed by atoms with E-state index >= 15 is 0 Å². The molecule has 2 N–H and O–H groups in total. The molecule has 0 aliphatic heterocycles. The fourth-order valence-corrected chi connectivity index (χ4v) is 2.61. The van der Waals surface area contributed by atoms with Crippen molar-refractivity contribution in [1.82, 2.24) is 10.2 Å². The van der Waals surface area contributed by atoms with Crippen LogP contribution in [0.5, 0.6) is 0 Å². The lowest BCUT2D eigenvalue weighted by Gasteiger charge is -2.19. The molecule has 0 bridgehead atoms. The molecule has 0 fully saturated rings. The van der Waals surface area contributed by atoms with Crippen molar-refractivity contribution in [3.05, 3.63) is 0 Å². The Labute approximate surface area is 142 Å². The first-order valence-electron chi connectivity index (χ1n) is 9.45. The smallest absolute Gasteiger partial charge is 0.407 e. The number of aliphatic hydroxyl groups excluding tert-OH is 1. The molecule has 0 saturated carbocycles. The van der Waals surface area contributed by atoms with E-state index in [1.165, 1.54) is 19.3 Å². The van der Waals surface area contributed by atoms with Gasteiger partial charge in [0.1, 0.15) is 6.10 Å². The van der Waals surface area contributed by atoms with E-state index in [1.54, 1.807) is 0 Å². The Bertz CT molecular complexity index is 271. The third kappa shape index (κ3) is 13.3. The van der Waals surface area contributed by atoms with Crippen LogP contribution in [0.4, 0.5) is 4.79 Å². The number of nitrogens with zero attached hydrogens (tertiary/aromatic N) is 1. The van der Waals surface area contributed by atoms with E-state index in [1.807, 2.05) is 0 Å². The summed E-state index contributed by atoms with van der Waals surface area (Å²) in [6.07, 6.45) is 7.58. The summed E-state index contributed by atoms with van der Waals surface area (Å²) in [6, 6.07) is 0. The molecule has 0 aliphatic rings. The van der Waals surface area contributed by atoms with Gasteiger partial charge in [-0.25, -0.2) is 4.79 Å². The van der Waals surface area contributed by atoms with Crippen LogP contribution >= 0.6 is 0 Å². The molecule has 5 heteroatoms. The van der Waals surface area contributed by atoms with Crippen LogP contribution in [0.15, 0.2) is 0 Å². The first-order chi connectivity index (χ1) is 11.2. The second kappa shape index (κ2) is 16.1. The topological polar surface area (TPSA) is 61.8 Å². The molecular weight excluding hydrogens is 292 g/mol. The van der Waals surface area contributed by atoms with Crippen LogP contribution in [-0.2, 0) is 4.74 Å². The van der Waals surface area contributed by atoms with Crippen LogP contribution < -0.4 is 5.32 Å². The van der Waals surface area contributed by atoms with Crippen LogP contribution in [-0.4, -0.2) is 55.0 Å². The lowest BCUT2D eigenvalue weighted by Crippen LogP contribution is -2.32. The zero-order chi connectivity index (χ0) is 17.3. The number of aliphatic hydroxyl groups is 1. The molecule has 0 saturated heterocycles. The van der Waals surface area contributed by atoms with Crippen LogP contribution in [0, 0.1) is 0 Å². The third-order valence-corrected chi connectivity index (χ3v) is 4.15. The van der Waals surface area contributed by atoms with E-state index in [-0.39, 0.29) is 18.8 Å². The molecule has 138 valence electrons. The summed E-state index contributed by atoms with van der Waals surface area (Å²) in [6.45, 7) is 10.4. The third-order valence-electron chi connectivity index (χ3n) is 4.15. The van der Waals surface area contributed by atoms with Gasteiger partial charge < -0.3 is 20.1 Å². The Morgan fingerprint density at radius 2 is 1.74 bits per heavy atom. The van der Waals surface area contributed by atoms with Gasteiger partial charge in [0, 0.05) is 13.2 Å². The number of carbonyl (C=O) groups is 1. The highest BCUT2D eigenvalue weighted by Gasteiger charge is 2.13. The first-order valence-corrected chi connectivity index (χ1v) is 9.45. The molecule has 0 aliphatic carbocycles. The zero-order valence-electron chi connectivity index (χ0n) is 15.5. The minimum Gasteiger partial charge on any atom is -0.446 e. The number of hydrogen-bond acceptors (Lipinski definition) is 4. The predicted octanol–water partition coefficient (Wildman–Crippen LogP) is 3.56. The summed E-state index contributed by atoms with van der Waals surface area (Å²) in [5, 5.41) is 11.8. The number of amides is 1. The Kier molecular flexibility index (Phi) is 15.5. The molecule has 0 aromatic carbocycles.